The summed E-state index contributed by atoms with van der Waals surface area (Å²) in [7, 11) is -3.99. The van der Waals surface area contributed by atoms with E-state index >= 15 is 0 Å². The molecule has 4 N–H and O–H groups in total. The number of hydrogen-bond donors (Lipinski definition) is 4. The maximum absolute atomic E-state index is 11.9. The van der Waals surface area contributed by atoms with Crippen molar-refractivity contribution < 1.29 is 33.6 Å². The Morgan fingerprint density at radius 2 is 1.69 bits per heavy atom. The van der Waals surface area contributed by atoms with Crippen molar-refractivity contribution in [2.75, 3.05) is 12.7 Å². The second-order valence-electron chi connectivity index (χ2n) is 6.39. The molecule has 29 heavy (non-hydrogen) atoms. The Hall–Kier alpha value is -2.33. The fourth-order valence-electron chi connectivity index (χ4n) is 2.47. The number of hydrogen-bond acceptors (Lipinski definition) is 6. The third-order valence-corrected chi connectivity index (χ3v) is 5.12. The molecule has 1 saturated heterocycles. The van der Waals surface area contributed by atoms with Gasteiger partial charge in [-0.05, 0) is 29.8 Å². The van der Waals surface area contributed by atoms with E-state index in [1.165, 1.54) is 0 Å². The van der Waals surface area contributed by atoms with Gasteiger partial charge >= 0.3 is 13.6 Å². The molecule has 1 aliphatic heterocycles. The van der Waals surface area contributed by atoms with Crippen LogP contribution in [0.25, 0.3) is 0 Å². The molecule has 1 aromatic rings. The van der Waals surface area contributed by atoms with Gasteiger partial charge in [-0.2, -0.15) is 0 Å². The Morgan fingerprint density at radius 1 is 1.10 bits per heavy atom. The zero-order valence-corrected chi connectivity index (χ0v) is 17.2. The lowest BCUT2D eigenvalue weighted by Gasteiger charge is -2.13. The van der Waals surface area contributed by atoms with Crippen molar-refractivity contribution in [3.8, 4) is 0 Å². The fourth-order valence-corrected chi connectivity index (χ4v) is 3.21. The topological polar surface area (TPSA) is 145 Å². The Bertz CT molecular complexity index is 809. The van der Waals surface area contributed by atoms with E-state index in [1.807, 2.05) is 0 Å². The van der Waals surface area contributed by atoms with Crippen LogP contribution in [0.4, 0.5) is 0 Å². The first-order valence-electron chi connectivity index (χ1n) is 8.85. The Balaban J connectivity index is 1.70. The first-order valence-corrected chi connectivity index (χ1v) is 11.1. The van der Waals surface area contributed by atoms with E-state index in [1.54, 1.807) is 24.3 Å². The molecule has 2 rings (SSSR count). The summed E-state index contributed by atoms with van der Waals surface area (Å²) in [5, 5.41) is 6.71. The second-order valence-corrected chi connectivity index (χ2v) is 8.57. The van der Waals surface area contributed by atoms with Gasteiger partial charge in [0.15, 0.2) is 5.11 Å². The van der Waals surface area contributed by atoms with E-state index < -0.39 is 25.4 Å². The van der Waals surface area contributed by atoms with Crippen LogP contribution < -0.4 is 10.6 Å². The van der Waals surface area contributed by atoms with Crippen LogP contribution in [0.3, 0.4) is 0 Å². The number of carbonyl (C=O) groups is 3. The molecular formula is C17H22N3O7PS. The SMILES string of the molecule is O=C(Cc1ccc(CNC(=S)NCCCP(=O)(O)O)cc1)ON1C(=O)CCC1=O. The van der Waals surface area contributed by atoms with Crippen molar-refractivity contribution in [1.29, 1.82) is 0 Å². The van der Waals surface area contributed by atoms with Gasteiger partial charge in [0.1, 0.15) is 0 Å². The number of nitrogens with zero attached hydrogens (tertiary/aromatic N) is 1. The average Bonchev–Trinajstić information content (AvgIpc) is 2.96. The van der Waals surface area contributed by atoms with Crippen molar-refractivity contribution in [1.82, 2.24) is 15.7 Å². The summed E-state index contributed by atoms with van der Waals surface area (Å²) in [6.07, 6.45) is 0.116. The molecule has 1 aliphatic rings. The van der Waals surface area contributed by atoms with Crippen molar-refractivity contribution >= 4 is 42.7 Å². The maximum Gasteiger partial charge on any atom is 0.337 e. The van der Waals surface area contributed by atoms with Crippen molar-refractivity contribution in [2.45, 2.75) is 32.2 Å². The fraction of sp³-hybridized carbons (Fsp3) is 0.412. The van der Waals surface area contributed by atoms with Gasteiger partial charge in [-0.25, -0.2) is 4.79 Å². The maximum atomic E-state index is 11.9. The highest BCUT2D eigenvalue weighted by atomic mass is 32.1. The lowest BCUT2D eigenvalue weighted by atomic mass is 10.1. The number of imide groups is 1. The average molecular weight is 443 g/mol. The predicted octanol–water partition coefficient (Wildman–Crippen LogP) is 0.368. The zero-order chi connectivity index (χ0) is 21.4. The monoisotopic (exact) mass is 443 g/mol. The summed E-state index contributed by atoms with van der Waals surface area (Å²) in [6.45, 7) is 0.770. The Kier molecular flexibility index (Phi) is 8.27. The number of amides is 2. The summed E-state index contributed by atoms with van der Waals surface area (Å²) >= 11 is 5.09. The molecule has 0 aliphatic carbocycles. The summed E-state index contributed by atoms with van der Waals surface area (Å²) in [4.78, 5) is 57.2. The first-order chi connectivity index (χ1) is 13.6. The van der Waals surface area contributed by atoms with Crippen LogP contribution >= 0.6 is 19.8 Å². The Labute approximate surface area is 172 Å². The third-order valence-electron chi connectivity index (χ3n) is 3.94. The molecular weight excluding hydrogens is 421 g/mol. The Morgan fingerprint density at radius 3 is 2.28 bits per heavy atom. The van der Waals surface area contributed by atoms with Crippen LogP contribution in [-0.2, 0) is 36.8 Å². The summed E-state index contributed by atoms with van der Waals surface area (Å²) in [5.41, 5.74) is 1.56. The molecule has 0 unspecified atom stereocenters. The van der Waals surface area contributed by atoms with Gasteiger partial charge in [0.05, 0.1) is 12.6 Å². The smallest absolute Gasteiger partial charge is 0.337 e. The summed E-state index contributed by atoms with van der Waals surface area (Å²) in [5.74, 6) is -1.73. The first kappa shape index (κ1) is 23.0. The molecule has 0 aromatic heterocycles. The second kappa shape index (κ2) is 10.4. The molecule has 1 fully saturated rings. The molecule has 0 radical (unpaired) electrons. The van der Waals surface area contributed by atoms with Crippen molar-refractivity contribution in [3.05, 3.63) is 35.4 Å². The minimum atomic E-state index is -3.99. The molecule has 1 heterocycles. The molecule has 0 saturated carbocycles. The van der Waals surface area contributed by atoms with Gasteiger partial charge in [0.25, 0.3) is 11.8 Å². The predicted molar refractivity (Wildman–Crippen MR) is 106 cm³/mol. The number of thiocarbonyl (C=S) groups is 1. The molecule has 12 heteroatoms. The number of nitrogens with one attached hydrogen (secondary N) is 2. The van der Waals surface area contributed by atoms with E-state index in [0.29, 0.717) is 35.2 Å². The molecule has 2 amide bonds. The number of rotatable bonds is 9. The lowest BCUT2D eigenvalue weighted by molar-refractivity contribution is -0.197. The van der Waals surface area contributed by atoms with Crippen LogP contribution in [0.2, 0.25) is 0 Å². The van der Waals surface area contributed by atoms with Crippen LogP contribution in [-0.4, -0.2) is 50.5 Å². The van der Waals surface area contributed by atoms with Gasteiger partial charge in [-0.3, -0.25) is 14.2 Å². The molecule has 0 atom stereocenters. The summed E-state index contributed by atoms with van der Waals surface area (Å²) < 4.78 is 10.8. The molecule has 158 valence electrons. The van der Waals surface area contributed by atoms with Gasteiger partial charge < -0.3 is 25.3 Å². The van der Waals surface area contributed by atoms with Crippen LogP contribution in [0.1, 0.15) is 30.4 Å². The highest BCUT2D eigenvalue weighted by molar-refractivity contribution is 7.80. The number of benzene rings is 1. The van der Waals surface area contributed by atoms with Gasteiger partial charge in [-0.15, -0.1) is 5.06 Å². The molecule has 10 nitrogen and oxygen atoms in total. The van der Waals surface area contributed by atoms with E-state index in [0.717, 1.165) is 5.56 Å². The van der Waals surface area contributed by atoms with Gasteiger partial charge in [-0.1, -0.05) is 24.3 Å². The van der Waals surface area contributed by atoms with E-state index in [-0.39, 0.29) is 25.4 Å². The molecule has 0 spiro atoms. The number of hydroxylamine groups is 2. The van der Waals surface area contributed by atoms with Crippen LogP contribution in [0.15, 0.2) is 24.3 Å². The standard InChI is InChI=1S/C17H22N3O7PS/c21-14-6-7-15(22)20(14)27-16(23)10-12-2-4-13(5-3-12)11-19-17(29)18-8-1-9-28(24,25)26/h2-5H,1,6-11H2,(H2,18,19,29)(H2,24,25,26). The third kappa shape index (κ3) is 8.28. The largest absolute Gasteiger partial charge is 0.363 e. The van der Waals surface area contributed by atoms with E-state index in [2.05, 4.69) is 10.6 Å². The van der Waals surface area contributed by atoms with Crippen LogP contribution in [0.5, 0.6) is 0 Å². The normalized spacial score (nSPS) is 14.1. The highest BCUT2D eigenvalue weighted by Gasteiger charge is 2.32. The van der Waals surface area contributed by atoms with Gasteiger partial charge in [0.2, 0.25) is 0 Å². The lowest BCUT2D eigenvalue weighted by Crippen LogP contribution is -2.35. The van der Waals surface area contributed by atoms with E-state index in [9.17, 15) is 18.9 Å². The number of carbonyl (C=O) groups excluding carboxylic acids is 3. The van der Waals surface area contributed by atoms with Crippen LogP contribution in [0, 0.1) is 0 Å². The molecule has 1 aromatic carbocycles. The minimum absolute atomic E-state index is 0.0498. The summed E-state index contributed by atoms with van der Waals surface area (Å²) in [6, 6.07) is 7.03. The molecule has 0 bridgehead atoms. The minimum Gasteiger partial charge on any atom is -0.363 e. The van der Waals surface area contributed by atoms with E-state index in [4.69, 9.17) is 26.8 Å². The van der Waals surface area contributed by atoms with Crippen molar-refractivity contribution in [2.24, 2.45) is 0 Å². The van der Waals surface area contributed by atoms with Gasteiger partial charge in [0, 0.05) is 25.9 Å². The zero-order valence-electron chi connectivity index (χ0n) is 15.5. The quantitative estimate of drug-likeness (QED) is 0.183. The van der Waals surface area contributed by atoms with Crippen molar-refractivity contribution in [3.63, 3.8) is 0 Å². The highest BCUT2D eigenvalue weighted by Crippen LogP contribution is 2.34.